The molecule has 0 bridgehead atoms. The summed E-state index contributed by atoms with van der Waals surface area (Å²) in [5.41, 5.74) is 0.895. The molecule has 1 heterocycles. The average Bonchev–Trinajstić information content (AvgIpc) is 2.43. The fourth-order valence-electron chi connectivity index (χ4n) is 1.69. The number of hydrogen-bond donors (Lipinski definition) is 2. The molecule has 0 aromatic carbocycles. The highest BCUT2D eigenvalue weighted by Gasteiger charge is 2.13. The molecule has 0 fully saturated rings. The molecule has 1 aromatic heterocycles. The van der Waals surface area contributed by atoms with Crippen molar-refractivity contribution in [3.8, 4) is 0 Å². The summed E-state index contributed by atoms with van der Waals surface area (Å²) in [4.78, 5) is 30.5. The molecule has 0 spiro atoms. The van der Waals surface area contributed by atoms with Crippen LogP contribution in [0.2, 0.25) is 0 Å². The zero-order valence-electron chi connectivity index (χ0n) is 12.5. The molecular weight excluding hydrogens is 274 g/mol. The van der Waals surface area contributed by atoms with Crippen molar-refractivity contribution in [1.82, 2.24) is 9.97 Å². The van der Waals surface area contributed by atoms with Gasteiger partial charge in [-0.1, -0.05) is 6.92 Å². The van der Waals surface area contributed by atoms with Gasteiger partial charge in [-0.2, -0.15) is 0 Å². The summed E-state index contributed by atoms with van der Waals surface area (Å²) in [6.07, 6.45) is 2.72. The fraction of sp³-hybridized carbons (Fsp3) is 0.571. The van der Waals surface area contributed by atoms with Crippen molar-refractivity contribution in [3.05, 3.63) is 17.5 Å². The number of carbonyl (C=O) groups excluding carboxylic acids is 1. The van der Waals surface area contributed by atoms with Crippen LogP contribution in [0, 0.1) is 12.8 Å². The Morgan fingerprint density at radius 3 is 2.76 bits per heavy atom. The lowest BCUT2D eigenvalue weighted by molar-refractivity contribution is -0.141. The first-order valence-corrected chi connectivity index (χ1v) is 6.93. The zero-order valence-corrected chi connectivity index (χ0v) is 12.5. The molecule has 116 valence electrons. The molecule has 7 heteroatoms. The quantitative estimate of drug-likeness (QED) is 0.557. The van der Waals surface area contributed by atoms with Crippen molar-refractivity contribution in [2.75, 3.05) is 18.5 Å². The van der Waals surface area contributed by atoms with Crippen molar-refractivity contribution >= 4 is 17.9 Å². The zero-order chi connectivity index (χ0) is 15.8. The van der Waals surface area contributed by atoms with Crippen LogP contribution in [-0.2, 0) is 9.53 Å². The number of carboxylic acids is 1. The van der Waals surface area contributed by atoms with E-state index in [9.17, 15) is 9.59 Å². The van der Waals surface area contributed by atoms with E-state index in [2.05, 4.69) is 15.3 Å². The maximum Gasteiger partial charge on any atom is 0.341 e. The Balaban J connectivity index is 2.49. The van der Waals surface area contributed by atoms with Crippen LogP contribution in [0.25, 0.3) is 0 Å². The van der Waals surface area contributed by atoms with Crippen molar-refractivity contribution in [1.29, 1.82) is 0 Å². The van der Waals surface area contributed by atoms with Gasteiger partial charge in [-0.3, -0.25) is 4.79 Å². The van der Waals surface area contributed by atoms with Crippen LogP contribution in [0.4, 0.5) is 5.95 Å². The highest BCUT2D eigenvalue weighted by molar-refractivity contribution is 5.90. The van der Waals surface area contributed by atoms with E-state index in [-0.39, 0.29) is 5.92 Å². The van der Waals surface area contributed by atoms with E-state index in [0.717, 1.165) is 0 Å². The molecule has 21 heavy (non-hydrogen) atoms. The van der Waals surface area contributed by atoms with Gasteiger partial charge in [0.05, 0.1) is 23.8 Å². The number of aliphatic carboxylic acids is 1. The number of nitrogens with one attached hydrogen (secondary N) is 1. The van der Waals surface area contributed by atoms with Crippen LogP contribution in [-0.4, -0.2) is 40.2 Å². The average molecular weight is 295 g/mol. The van der Waals surface area contributed by atoms with Crippen LogP contribution >= 0.6 is 0 Å². The van der Waals surface area contributed by atoms with Gasteiger partial charge in [0.1, 0.15) is 0 Å². The number of rotatable bonds is 8. The molecule has 7 nitrogen and oxygen atoms in total. The van der Waals surface area contributed by atoms with E-state index in [1.54, 1.807) is 20.8 Å². The van der Waals surface area contributed by atoms with Gasteiger partial charge < -0.3 is 15.2 Å². The largest absolute Gasteiger partial charge is 0.481 e. The molecule has 0 radical (unpaired) electrons. The molecule has 1 unspecified atom stereocenters. The smallest absolute Gasteiger partial charge is 0.341 e. The van der Waals surface area contributed by atoms with Gasteiger partial charge in [0, 0.05) is 12.7 Å². The topological polar surface area (TPSA) is 101 Å². The Morgan fingerprint density at radius 2 is 2.19 bits per heavy atom. The first-order valence-electron chi connectivity index (χ1n) is 6.93. The molecule has 0 aliphatic carbocycles. The van der Waals surface area contributed by atoms with Gasteiger partial charge in [0.2, 0.25) is 5.95 Å². The van der Waals surface area contributed by atoms with E-state index >= 15 is 0 Å². The Hall–Kier alpha value is -2.18. The molecule has 0 amide bonds. The SMILES string of the molecule is CCOC(=O)c1cnc(NCCCC(C)C(=O)O)nc1C. The van der Waals surface area contributed by atoms with E-state index in [1.807, 2.05) is 0 Å². The molecule has 2 N–H and O–H groups in total. The second-order valence-corrected chi connectivity index (χ2v) is 4.72. The number of aromatic nitrogens is 2. The van der Waals surface area contributed by atoms with Crippen LogP contribution in [0.1, 0.15) is 42.7 Å². The van der Waals surface area contributed by atoms with Gasteiger partial charge in [0.15, 0.2) is 0 Å². The third kappa shape index (κ3) is 5.37. The minimum Gasteiger partial charge on any atom is -0.481 e. The Morgan fingerprint density at radius 1 is 1.48 bits per heavy atom. The molecule has 0 aliphatic rings. The predicted octanol–water partition coefficient (Wildman–Crippen LogP) is 1.87. The van der Waals surface area contributed by atoms with Gasteiger partial charge in [0.25, 0.3) is 0 Å². The first kappa shape index (κ1) is 16.9. The lowest BCUT2D eigenvalue weighted by atomic mass is 10.1. The molecule has 0 saturated carbocycles. The van der Waals surface area contributed by atoms with Crippen molar-refractivity contribution < 1.29 is 19.4 Å². The predicted molar refractivity (Wildman–Crippen MR) is 77.2 cm³/mol. The van der Waals surface area contributed by atoms with Crippen molar-refractivity contribution in [3.63, 3.8) is 0 Å². The second-order valence-electron chi connectivity index (χ2n) is 4.72. The number of anilines is 1. The summed E-state index contributed by atoms with van der Waals surface area (Å²) in [6, 6.07) is 0. The Bertz CT molecular complexity index is 505. The van der Waals surface area contributed by atoms with Crippen molar-refractivity contribution in [2.24, 2.45) is 5.92 Å². The number of carboxylic acid groups (broad SMARTS) is 1. The second kappa shape index (κ2) is 8.18. The van der Waals surface area contributed by atoms with E-state index < -0.39 is 11.9 Å². The number of ether oxygens (including phenoxy) is 1. The van der Waals surface area contributed by atoms with Crippen LogP contribution in [0.5, 0.6) is 0 Å². The number of nitrogens with zero attached hydrogens (tertiary/aromatic N) is 2. The molecule has 1 aromatic rings. The van der Waals surface area contributed by atoms with Crippen LogP contribution < -0.4 is 5.32 Å². The lowest BCUT2D eigenvalue weighted by Gasteiger charge is -2.09. The molecular formula is C14H21N3O4. The molecule has 0 saturated heterocycles. The number of esters is 1. The van der Waals surface area contributed by atoms with Gasteiger partial charge in [-0.05, 0) is 26.7 Å². The minimum absolute atomic E-state index is 0.306. The van der Waals surface area contributed by atoms with Crippen molar-refractivity contribution in [2.45, 2.75) is 33.6 Å². The summed E-state index contributed by atoms with van der Waals surface area (Å²) < 4.78 is 4.90. The summed E-state index contributed by atoms with van der Waals surface area (Å²) in [5.74, 6) is -1.16. The third-order valence-corrected chi connectivity index (χ3v) is 2.99. The minimum atomic E-state index is -0.791. The maximum atomic E-state index is 11.6. The van der Waals surface area contributed by atoms with E-state index in [0.29, 0.717) is 43.2 Å². The van der Waals surface area contributed by atoms with E-state index in [1.165, 1.54) is 6.20 Å². The van der Waals surface area contributed by atoms with Crippen LogP contribution in [0.3, 0.4) is 0 Å². The standard InChI is InChI=1S/C14H21N3O4/c1-4-21-13(20)11-8-16-14(17-10(11)3)15-7-5-6-9(2)12(18)19/h8-9H,4-7H2,1-3H3,(H,18,19)(H,15,16,17). The number of carbonyl (C=O) groups is 2. The third-order valence-electron chi connectivity index (χ3n) is 2.99. The number of aryl methyl sites for hydroxylation is 1. The van der Waals surface area contributed by atoms with Crippen LogP contribution in [0.15, 0.2) is 6.20 Å². The fourth-order valence-corrected chi connectivity index (χ4v) is 1.69. The van der Waals surface area contributed by atoms with Gasteiger partial charge in [-0.25, -0.2) is 14.8 Å². The summed E-state index contributed by atoms with van der Waals surface area (Å²) in [7, 11) is 0. The molecule has 1 atom stereocenters. The van der Waals surface area contributed by atoms with Gasteiger partial charge >= 0.3 is 11.9 Å². The molecule has 1 rings (SSSR count). The highest BCUT2D eigenvalue weighted by atomic mass is 16.5. The lowest BCUT2D eigenvalue weighted by Crippen LogP contribution is -2.14. The summed E-state index contributed by atoms with van der Waals surface area (Å²) >= 11 is 0. The van der Waals surface area contributed by atoms with E-state index in [4.69, 9.17) is 9.84 Å². The number of hydrogen-bond acceptors (Lipinski definition) is 6. The first-order chi connectivity index (χ1) is 9.95. The highest BCUT2D eigenvalue weighted by Crippen LogP contribution is 2.10. The monoisotopic (exact) mass is 295 g/mol. The summed E-state index contributed by atoms with van der Waals surface area (Å²) in [5, 5.41) is 11.8. The Labute approximate surface area is 123 Å². The normalized spacial score (nSPS) is 11.8. The van der Waals surface area contributed by atoms with Gasteiger partial charge in [-0.15, -0.1) is 0 Å². The summed E-state index contributed by atoms with van der Waals surface area (Å²) in [6.45, 7) is 6.01. The maximum absolute atomic E-state index is 11.6. The molecule has 0 aliphatic heterocycles. The Kier molecular flexibility index (Phi) is 6.58.